The molecule has 1 heterocycles. The Balaban J connectivity index is 2.33. The highest BCUT2D eigenvalue weighted by atomic mass is 16.4. The minimum atomic E-state index is -0.327. The number of allylic oxidation sites excluding steroid dienone is 1. The Kier molecular flexibility index (Phi) is 2.31. The number of hydrogen-bond donors (Lipinski definition) is 0. The molecule has 0 spiro atoms. The summed E-state index contributed by atoms with van der Waals surface area (Å²) in [4.78, 5) is 11.2. The molecule has 0 saturated carbocycles. The van der Waals surface area contributed by atoms with Crippen molar-refractivity contribution in [3.8, 4) is 11.8 Å². The number of rotatable bonds is 0. The van der Waals surface area contributed by atoms with Crippen LogP contribution in [0.2, 0.25) is 0 Å². The van der Waals surface area contributed by atoms with E-state index in [2.05, 4.69) is 24.0 Å². The van der Waals surface area contributed by atoms with Crippen LogP contribution < -0.4 is 5.63 Å². The summed E-state index contributed by atoms with van der Waals surface area (Å²) >= 11 is 0. The number of fused-ring (bicyclic) bond motifs is 2. The first kappa shape index (κ1) is 9.92. The van der Waals surface area contributed by atoms with Crippen molar-refractivity contribution in [1.29, 1.82) is 0 Å². The lowest BCUT2D eigenvalue weighted by Crippen LogP contribution is -1.95. The van der Waals surface area contributed by atoms with Gasteiger partial charge in [0.1, 0.15) is 5.58 Å². The summed E-state index contributed by atoms with van der Waals surface area (Å²) in [5.74, 6) is 6.22. The Morgan fingerprint density at radius 3 is 3.12 bits per heavy atom. The van der Waals surface area contributed by atoms with Gasteiger partial charge in [0.25, 0.3) is 0 Å². The molecule has 0 aliphatic heterocycles. The molecule has 0 amide bonds. The van der Waals surface area contributed by atoms with Crippen LogP contribution in [0.1, 0.15) is 24.0 Å². The molecule has 0 atom stereocenters. The first-order valence-corrected chi connectivity index (χ1v) is 5.56. The van der Waals surface area contributed by atoms with Crippen LogP contribution in [0, 0.1) is 11.8 Å². The van der Waals surface area contributed by atoms with Gasteiger partial charge in [-0.05, 0) is 30.2 Å². The summed E-state index contributed by atoms with van der Waals surface area (Å²) in [7, 11) is 0. The summed E-state index contributed by atoms with van der Waals surface area (Å²) in [6.07, 6.45) is 6.05. The number of benzene rings is 1. The smallest absolute Gasteiger partial charge is 0.336 e. The zero-order chi connectivity index (χ0) is 11.7. The Bertz CT molecular complexity index is 724. The van der Waals surface area contributed by atoms with Gasteiger partial charge in [-0.3, -0.25) is 0 Å². The topological polar surface area (TPSA) is 30.2 Å². The molecular formula is C15H10O2. The minimum absolute atomic E-state index is 0.327. The van der Waals surface area contributed by atoms with Gasteiger partial charge in [0, 0.05) is 23.4 Å². The Morgan fingerprint density at radius 2 is 2.18 bits per heavy atom. The van der Waals surface area contributed by atoms with E-state index in [0.29, 0.717) is 5.58 Å². The SMILES string of the molecule is O=c1ccc2cc3c(cc2o1)C#CCC/C=C\3. The molecule has 82 valence electrons. The van der Waals surface area contributed by atoms with Crippen LogP contribution in [-0.4, -0.2) is 0 Å². The summed E-state index contributed by atoms with van der Waals surface area (Å²) in [5.41, 5.74) is 2.27. The molecule has 2 heteroatoms. The molecule has 2 aromatic rings. The first-order chi connectivity index (χ1) is 8.33. The van der Waals surface area contributed by atoms with Gasteiger partial charge in [0.05, 0.1) is 0 Å². The molecule has 0 bridgehead atoms. The molecule has 1 aliphatic carbocycles. The molecule has 3 rings (SSSR count). The lowest BCUT2D eigenvalue weighted by Gasteiger charge is -2.03. The van der Waals surface area contributed by atoms with Crippen LogP contribution in [0.15, 0.2) is 39.6 Å². The largest absolute Gasteiger partial charge is 0.423 e. The van der Waals surface area contributed by atoms with E-state index >= 15 is 0 Å². The Labute approximate surface area is 98.6 Å². The van der Waals surface area contributed by atoms with Crippen molar-refractivity contribution in [2.75, 3.05) is 0 Å². The quantitative estimate of drug-likeness (QED) is 0.506. The molecule has 0 radical (unpaired) electrons. The summed E-state index contributed by atoms with van der Waals surface area (Å²) in [6.45, 7) is 0. The molecular weight excluding hydrogens is 212 g/mol. The summed E-state index contributed by atoms with van der Waals surface area (Å²) in [5, 5.41) is 0.926. The predicted molar refractivity (Wildman–Crippen MR) is 67.6 cm³/mol. The predicted octanol–water partition coefficient (Wildman–Crippen LogP) is 2.95. The number of hydrogen-bond acceptors (Lipinski definition) is 2. The maximum Gasteiger partial charge on any atom is 0.336 e. The van der Waals surface area contributed by atoms with E-state index in [9.17, 15) is 4.79 Å². The fraction of sp³-hybridized carbons (Fsp3) is 0.133. The van der Waals surface area contributed by atoms with Crippen LogP contribution in [0.4, 0.5) is 0 Å². The molecule has 17 heavy (non-hydrogen) atoms. The van der Waals surface area contributed by atoms with E-state index in [1.807, 2.05) is 12.1 Å². The molecule has 0 unspecified atom stereocenters. The van der Waals surface area contributed by atoms with Gasteiger partial charge in [-0.15, -0.1) is 0 Å². The highest BCUT2D eigenvalue weighted by Gasteiger charge is 2.04. The van der Waals surface area contributed by atoms with Crippen molar-refractivity contribution < 1.29 is 4.42 Å². The van der Waals surface area contributed by atoms with Gasteiger partial charge < -0.3 is 4.42 Å². The molecule has 1 aliphatic rings. The van der Waals surface area contributed by atoms with E-state index < -0.39 is 0 Å². The minimum Gasteiger partial charge on any atom is -0.423 e. The van der Waals surface area contributed by atoms with Crippen molar-refractivity contribution in [3.05, 3.63) is 51.9 Å². The first-order valence-electron chi connectivity index (χ1n) is 5.56. The molecule has 0 N–H and O–H groups in total. The normalized spacial score (nSPS) is 15.3. The second kappa shape index (κ2) is 3.95. The summed E-state index contributed by atoms with van der Waals surface area (Å²) in [6, 6.07) is 7.06. The van der Waals surface area contributed by atoms with Gasteiger partial charge in [-0.25, -0.2) is 4.79 Å². The second-order valence-electron chi connectivity index (χ2n) is 3.97. The van der Waals surface area contributed by atoms with Gasteiger partial charge in [-0.1, -0.05) is 24.0 Å². The molecule has 2 nitrogen and oxygen atoms in total. The Hall–Kier alpha value is -2.27. The molecule has 0 saturated heterocycles. The Morgan fingerprint density at radius 1 is 1.24 bits per heavy atom. The van der Waals surface area contributed by atoms with Crippen molar-refractivity contribution in [2.24, 2.45) is 0 Å². The highest BCUT2D eigenvalue weighted by Crippen LogP contribution is 2.20. The van der Waals surface area contributed by atoms with Gasteiger partial charge in [0.15, 0.2) is 0 Å². The second-order valence-corrected chi connectivity index (χ2v) is 3.97. The van der Waals surface area contributed by atoms with Crippen LogP contribution in [0.5, 0.6) is 0 Å². The standard InChI is InChI=1S/C15H10O2/c16-15-8-7-13-9-11-5-3-1-2-4-6-12(11)10-14(13)17-15/h3,5,7-10H,1-2H2/b5-3-. The van der Waals surface area contributed by atoms with Crippen molar-refractivity contribution >= 4 is 17.0 Å². The van der Waals surface area contributed by atoms with Gasteiger partial charge in [-0.2, -0.15) is 0 Å². The van der Waals surface area contributed by atoms with Gasteiger partial charge in [0.2, 0.25) is 0 Å². The van der Waals surface area contributed by atoms with Gasteiger partial charge >= 0.3 is 5.63 Å². The van der Waals surface area contributed by atoms with E-state index in [-0.39, 0.29) is 5.63 Å². The van der Waals surface area contributed by atoms with Crippen molar-refractivity contribution in [1.82, 2.24) is 0 Å². The van der Waals surface area contributed by atoms with Crippen LogP contribution >= 0.6 is 0 Å². The zero-order valence-corrected chi connectivity index (χ0v) is 9.19. The zero-order valence-electron chi connectivity index (χ0n) is 9.19. The molecule has 1 aromatic heterocycles. The monoisotopic (exact) mass is 222 g/mol. The van der Waals surface area contributed by atoms with Crippen LogP contribution in [0.25, 0.3) is 17.0 Å². The average molecular weight is 222 g/mol. The third-order valence-electron chi connectivity index (χ3n) is 2.75. The van der Waals surface area contributed by atoms with E-state index in [4.69, 9.17) is 4.42 Å². The maximum atomic E-state index is 11.2. The van der Waals surface area contributed by atoms with E-state index in [0.717, 1.165) is 29.4 Å². The highest BCUT2D eigenvalue weighted by molar-refractivity contribution is 5.82. The molecule has 0 fully saturated rings. The van der Waals surface area contributed by atoms with Crippen molar-refractivity contribution in [3.63, 3.8) is 0 Å². The van der Waals surface area contributed by atoms with E-state index in [1.54, 1.807) is 6.07 Å². The van der Waals surface area contributed by atoms with Crippen LogP contribution in [-0.2, 0) is 0 Å². The molecule has 1 aromatic carbocycles. The lowest BCUT2D eigenvalue weighted by molar-refractivity contribution is 0.561. The average Bonchev–Trinajstić information content (AvgIpc) is 2.29. The lowest BCUT2D eigenvalue weighted by atomic mass is 10.0. The third-order valence-corrected chi connectivity index (χ3v) is 2.75. The van der Waals surface area contributed by atoms with Crippen molar-refractivity contribution in [2.45, 2.75) is 12.8 Å². The fourth-order valence-electron chi connectivity index (χ4n) is 1.90. The van der Waals surface area contributed by atoms with Crippen LogP contribution in [0.3, 0.4) is 0 Å². The van der Waals surface area contributed by atoms with E-state index in [1.165, 1.54) is 6.07 Å². The summed E-state index contributed by atoms with van der Waals surface area (Å²) < 4.78 is 5.15. The third kappa shape index (κ3) is 1.88. The maximum absolute atomic E-state index is 11.2. The fourth-order valence-corrected chi connectivity index (χ4v) is 1.90.